The molecule has 0 fully saturated rings. The highest BCUT2D eigenvalue weighted by Gasteiger charge is 2.26. The zero-order valence-electron chi connectivity index (χ0n) is 7.58. The zero-order valence-corrected chi connectivity index (χ0v) is 7.58. The molecular formula is C6H4N6O4. The van der Waals surface area contributed by atoms with E-state index in [0.717, 1.165) is 12.4 Å². The predicted octanol–water partition coefficient (Wildman–Crippen LogP) is 0.616. The molecule has 10 nitrogen and oxygen atoms in total. The molecule has 82 valence electrons. The summed E-state index contributed by atoms with van der Waals surface area (Å²) >= 11 is 0. The van der Waals surface area contributed by atoms with E-state index in [1.54, 1.807) is 0 Å². The summed E-state index contributed by atoms with van der Waals surface area (Å²) in [5.74, 6) is 0. The van der Waals surface area contributed by atoms with E-state index < -0.39 is 9.85 Å². The number of nitro groups is 2. The number of nitrogens with one attached hydrogen (secondary N) is 2. The van der Waals surface area contributed by atoms with Gasteiger partial charge in [-0.05, 0) is 0 Å². The minimum Gasteiger partial charge on any atom is -0.269 e. The van der Waals surface area contributed by atoms with Gasteiger partial charge in [-0.3, -0.25) is 30.4 Å². The number of rotatable bonds is 3. The average Bonchev–Trinajstić information content (AvgIpc) is 2.85. The van der Waals surface area contributed by atoms with Gasteiger partial charge in [0.2, 0.25) is 0 Å². The predicted molar refractivity (Wildman–Crippen MR) is 49.5 cm³/mol. The molecule has 0 aliphatic carbocycles. The lowest BCUT2D eigenvalue weighted by Crippen LogP contribution is -1.93. The number of nitrogens with zero attached hydrogens (tertiary/aromatic N) is 4. The van der Waals surface area contributed by atoms with Gasteiger partial charge in [-0.2, -0.15) is 10.2 Å². The molecule has 2 N–H and O–H groups in total. The molecular weight excluding hydrogens is 220 g/mol. The van der Waals surface area contributed by atoms with E-state index in [9.17, 15) is 20.2 Å². The minimum absolute atomic E-state index is 0.0748. The highest BCUT2D eigenvalue weighted by molar-refractivity contribution is 5.72. The van der Waals surface area contributed by atoms with Gasteiger partial charge in [-0.1, -0.05) is 0 Å². The SMILES string of the molecule is O=[N+]([O-])c1cn[nH]c1-c1[nH]ncc1[N+](=O)[O-]. The Morgan fingerprint density at radius 1 is 0.938 bits per heavy atom. The molecule has 0 unspecified atom stereocenters. The second-order valence-electron chi connectivity index (χ2n) is 2.77. The number of aromatic nitrogens is 4. The molecule has 10 heteroatoms. The summed E-state index contributed by atoms with van der Waals surface area (Å²) in [4.78, 5) is 19.8. The van der Waals surface area contributed by atoms with E-state index in [2.05, 4.69) is 20.4 Å². The Morgan fingerprint density at radius 3 is 1.62 bits per heavy atom. The fraction of sp³-hybridized carbons (Fsp3) is 0. The molecule has 0 aliphatic rings. The van der Waals surface area contributed by atoms with Crippen molar-refractivity contribution in [3.05, 3.63) is 32.6 Å². The normalized spacial score (nSPS) is 10.2. The number of hydrogen-bond donors (Lipinski definition) is 2. The van der Waals surface area contributed by atoms with Crippen LogP contribution in [0.4, 0.5) is 11.4 Å². The second-order valence-corrected chi connectivity index (χ2v) is 2.77. The molecule has 0 aromatic carbocycles. The molecule has 2 rings (SSSR count). The fourth-order valence-corrected chi connectivity index (χ4v) is 1.20. The number of aromatic amines is 2. The van der Waals surface area contributed by atoms with E-state index in [1.807, 2.05) is 0 Å². The van der Waals surface area contributed by atoms with Gasteiger partial charge in [-0.25, -0.2) is 0 Å². The quantitative estimate of drug-likeness (QED) is 0.577. The van der Waals surface area contributed by atoms with Crippen molar-refractivity contribution < 1.29 is 9.85 Å². The maximum absolute atomic E-state index is 10.6. The van der Waals surface area contributed by atoms with Crippen molar-refractivity contribution in [3.8, 4) is 11.4 Å². The van der Waals surface area contributed by atoms with E-state index in [1.165, 1.54) is 0 Å². The van der Waals surface area contributed by atoms with Gasteiger partial charge in [-0.15, -0.1) is 0 Å². The first-order chi connectivity index (χ1) is 7.61. The van der Waals surface area contributed by atoms with Crippen molar-refractivity contribution >= 4 is 11.4 Å². The Labute approximate surface area is 86.6 Å². The smallest absolute Gasteiger partial charge is 0.269 e. The Bertz CT molecular complexity index is 507. The lowest BCUT2D eigenvalue weighted by atomic mass is 10.2. The third-order valence-electron chi connectivity index (χ3n) is 1.88. The molecule has 16 heavy (non-hydrogen) atoms. The molecule has 0 saturated carbocycles. The van der Waals surface area contributed by atoms with Crippen molar-refractivity contribution in [2.45, 2.75) is 0 Å². The molecule has 0 bridgehead atoms. The van der Waals surface area contributed by atoms with Crippen LogP contribution in [0.3, 0.4) is 0 Å². The van der Waals surface area contributed by atoms with E-state index in [-0.39, 0.29) is 22.8 Å². The van der Waals surface area contributed by atoms with Crippen molar-refractivity contribution in [2.75, 3.05) is 0 Å². The van der Waals surface area contributed by atoms with E-state index in [4.69, 9.17) is 0 Å². The first kappa shape index (κ1) is 9.76. The van der Waals surface area contributed by atoms with Gasteiger partial charge in [0.25, 0.3) is 0 Å². The lowest BCUT2D eigenvalue weighted by Gasteiger charge is -1.92. The van der Waals surface area contributed by atoms with E-state index >= 15 is 0 Å². The fourth-order valence-electron chi connectivity index (χ4n) is 1.20. The van der Waals surface area contributed by atoms with Crippen LogP contribution in [0.1, 0.15) is 0 Å². The molecule has 0 radical (unpaired) electrons. The van der Waals surface area contributed by atoms with Crippen molar-refractivity contribution in [1.82, 2.24) is 20.4 Å². The molecule has 2 aromatic heterocycles. The van der Waals surface area contributed by atoms with Crippen molar-refractivity contribution in [1.29, 1.82) is 0 Å². The van der Waals surface area contributed by atoms with Gasteiger partial charge in [0.1, 0.15) is 12.4 Å². The van der Waals surface area contributed by atoms with Gasteiger partial charge in [0.05, 0.1) is 9.85 Å². The summed E-state index contributed by atoms with van der Waals surface area (Å²) in [7, 11) is 0. The summed E-state index contributed by atoms with van der Waals surface area (Å²) in [6.07, 6.45) is 1.94. The van der Waals surface area contributed by atoms with Gasteiger partial charge in [0, 0.05) is 0 Å². The third-order valence-corrected chi connectivity index (χ3v) is 1.88. The molecule has 0 atom stereocenters. The van der Waals surface area contributed by atoms with Crippen LogP contribution < -0.4 is 0 Å². The Kier molecular flexibility index (Phi) is 2.08. The topological polar surface area (TPSA) is 144 Å². The maximum Gasteiger partial charge on any atom is 0.316 e. The summed E-state index contributed by atoms with van der Waals surface area (Å²) in [5, 5.41) is 32.8. The summed E-state index contributed by atoms with van der Waals surface area (Å²) in [6.45, 7) is 0. The lowest BCUT2D eigenvalue weighted by molar-refractivity contribution is -0.386. The first-order valence-electron chi connectivity index (χ1n) is 3.97. The van der Waals surface area contributed by atoms with Crippen LogP contribution >= 0.6 is 0 Å². The molecule has 0 spiro atoms. The van der Waals surface area contributed by atoms with Crippen molar-refractivity contribution in [2.24, 2.45) is 0 Å². The summed E-state index contributed by atoms with van der Waals surface area (Å²) in [5.41, 5.74) is -0.858. The van der Waals surface area contributed by atoms with Crippen molar-refractivity contribution in [3.63, 3.8) is 0 Å². The Hall–Kier alpha value is -2.78. The molecule has 2 heterocycles. The van der Waals surface area contributed by atoms with Gasteiger partial charge in [0.15, 0.2) is 11.4 Å². The summed E-state index contributed by atoms with van der Waals surface area (Å²) in [6, 6.07) is 0. The van der Waals surface area contributed by atoms with Crippen LogP contribution in [0.2, 0.25) is 0 Å². The Morgan fingerprint density at radius 2 is 1.31 bits per heavy atom. The monoisotopic (exact) mass is 224 g/mol. The van der Waals surface area contributed by atoms with Crippen LogP contribution in [-0.2, 0) is 0 Å². The Balaban J connectivity index is 2.59. The van der Waals surface area contributed by atoms with Crippen LogP contribution in [0.25, 0.3) is 11.4 Å². The highest BCUT2D eigenvalue weighted by atomic mass is 16.6. The molecule has 2 aromatic rings. The summed E-state index contributed by atoms with van der Waals surface area (Å²) < 4.78 is 0. The van der Waals surface area contributed by atoms with Gasteiger partial charge >= 0.3 is 11.4 Å². The van der Waals surface area contributed by atoms with Crippen LogP contribution in [-0.4, -0.2) is 30.2 Å². The maximum atomic E-state index is 10.6. The molecule has 0 aliphatic heterocycles. The average molecular weight is 224 g/mol. The highest BCUT2D eigenvalue weighted by Crippen LogP contribution is 2.31. The van der Waals surface area contributed by atoms with Crippen LogP contribution in [0, 0.1) is 20.2 Å². The van der Waals surface area contributed by atoms with Crippen LogP contribution in [0.15, 0.2) is 12.4 Å². The zero-order chi connectivity index (χ0) is 11.7. The first-order valence-corrected chi connectivity index (χ1v) is 3.97. The molecule has 0 saturated heterocycles. The third kappa shape index (κ3) is 1.37. The largest absolute Gasteiger partial charge is 0.316 e. The second kappa shape index (κ2) is 3.42. The van der Waals surface area contributed by atoms with Crippen LogP contribution in [0.5, 0.6) is 0 Å². The number of hydrogen-bond acceptors (Lipinski definition) is 6. The van der Waals surface area contributed by atoms with E-state index in [0.29, 0.717) is 0 Å². The molecule has 0 amide bonds. The number of H-pyrrole nitrogens is 2. The minimum atomic E-state index is -0.691. The standard InChI is InChI=1S/C6H4N6O4/c13-11(14)3-1-7-9-5(3)6-4(12(15)16)2-8-10-6/h1-2H,(H,7,9)(H,8,10). The van der Waals surface area contributed by atoms with Gasteiger partial charge < -0.3 is 0 Å².